The van der Waals surface area contributed by atoms with Gasteiger partial charge in [-0.05, 0) is 6.42 Å². The summed E-state index contributed by atoms with van der Waals surface area (Å²) in [5.74, 6) is 0.776. The third-order valence-corrected chi connectivity index (χ3v) is 2.09. The molecular formula is C9H14N4O. The number of hydrogen-bond donors (Lipinski definition) is 1. The van der Waals surface area contributed by atoms with Gasteiger partial charge < -0.3 is 9.72 Å². The van der Waals surface area contributed by atoms with Gasteiger partial charge in [0.25, 0.3) is 0 Å². The molecule has 0 atom stereocenters. The topological polar surface area (TPSA) is 55.2 Å². The van der Waals surface area contributed by atoms with Crippen molar-refractivity contribution in [2.24, 2.45) is 0 Å². The van der Waals surface area contributed by atoms with Gasteiger partial charge in [0.2, 0.25) is 0 Å². The van der Waals surface area contributed by atoms with Crippen LogP contribution in [0.15, 0.2) is 12.5 Å². The van der Waals surface area contributed by atoms with Crippen molar-refractivity contribution < 1.29 is 4.74 Å². The first-order chi connectivity index (χ1) is 6.92. The number of ether oxygens (including phenoxy) is 1. The van der Waals surface area contributed by atoms with E-state index in [9.17, 15) is 0 Å². The highest BCUT2D eigenvalue weighted by Gasteiger charge is 2.05. The molecule has 2 rings (SSSR count). The van der Waals surface area contributed by atoms with Crippen molar-refractivity contribution in [3.63, 3.8) is 0 Å². The third kappa shape index (κ3) is 1.71. The zero-order valence-corrected chi connectivity index (χ0v) is 8.23. The third-order valence-electron chi connectivity index (χ3n) is 2.09. The Morgan fingerprint density at radius 1 is 1.43 bits per heavy atom. The Kier molecular flexibility index (Phi) is 2.67. The average Bonchev–Trinajstić information content (AvgIpc) is 2.75. The van der Waals surface area contributed by atoms with Crippen LogP contribution in [0.5, 0.6) is 5.75 Å². The normalized spacial score (nSPS) is 10.9. The summed E-state index contributed by atoms with van der Waals surface area (Å²) in [6.07, 6.45) is 6.78. The molecule has 5 heteroatoms. The van der Waals surface area contributed by atoms with Crippen LogP contribution in [0.1, 0.15) is 26.2 Å². The van der Waals surface area contributed by atoms with Gasteiger partial charge in [0.1, 0.15) is 6.33 Å². The number of rotatable bonds is 5. The average molecular weight is 194 g/mol. The number of H-pyrrole nitrogens is 1. The van der Waals surface area contributed by atoms with Crippen molar-refractivity contribution in [1.82, 2.24) is 19.8 Å². The molecule has 0 aliphatic rings. The summed E-state index contributed by atoms with van der Waals surface area (Å²) in [5.41, 5.74) is 0.821. The molecule has 0 saturated heterocycles. The van der Waals surface area contributed by atoms with Gasteiger partial charge in [-0.25, -0.2) is 0 Å². The van der Waals surface area contributed by atoms with Gasteiger partial charge in [0.15, 0.2) is 11.4 Å². The molecule has 76 valence electrons. The Balaban J connectivity index is 1.94. The molecule has 14 heavy (non-hydrogen) atoms. The van der Waals surface area contributed by atoms with Gasteiger partial charge in [-0.15, -0.1) is 9.73 Å². The second kappa shape index (κ2) is 4.13. The first-order valence-corrected chi connectivity index (χ1v) is 4.92. The molecule has 0 spiro atoms. The van der Waals surface area contributed by atoms with Gasteiger partial charge in [0, 0.05) is 0 Å². The van der Waals surface area contributed by atoms with Crippen LogP contribution in [0.25, 0.3) is 5.65 Å². The number of hydrogen-bond acceptors (Lipinski definition) is 3. The minimum absolute atomic E-state index is 0.744. The van der Waals surface area contributed by atoms with E-state index in [1.807, 2.05) is 0 Å². The minimum atomic E-state index is 0.744. The van der Waals surface area contributed by atoms with Crippen molar-refractivity contribution in [1.29, 1.82) is 0 Å². The fourth-order valence-corrected chi connectivity index (χ4v) is 1.33. The van der Waals surface area contributed by atoms with E-state index in [0.717, 1.165) is 24.4 Å². The lowest BCUT2D eigenvalue weighted by molar-refractivity contribution is 0.309. The summed E-state index contributed by atoms with van der Waals surface area (Å²) in [6.45, 7) is 2.92. The summed E-state index contributed by atoms with van der Waals surface area (Å²) in [5, 5.41) is 7.98. The van der Waals surface area contributed by atoms with Gasteiger partial charge in [-0.3, -0.25) is 0 Å². The molecule has 0 radical (unpaired) electrons. The Morgan fingerprint density at radius 3 is 3.21 bits per heavy atom. The molecule has 2 aromatic rings. The van der Waals surface area contributed by atoms with Crippen LogP contribution in [-0.2, 0) is 0 Å². The molecule has 0 saturated carbocycles. The molecule has 5 nitrogen and oxygen atoms in total. The van der Waals surface area contributed by atoms with E-state index in [0.29, 0.717) is 0 Å². The van der Waals surface area contributed by atoms with E-state index in [1.165, 1.54) is 17.5 Å². The molecule has 2 heterocycles. The maximum Gasteiger partial charge on any atom is 0.197 e. The predicted octanol–water partition coefficient (Wildman–Crippen LogP) is 1.63. The quantitative estimate of drug-likeness (QED) is 0.736. The van der Waals surface area contributed by atoms with Crippen molar-refractivity contribution in [2.75, 3.05) is 6.61 Å². The van der Waals surface area contributed by atoms with Crippen LogP contribution in [0.3, 0.4) is 0 Å². The molecule has 0 amide bonds. The van der Waals surface area contributed by atoms with Gasteiger partial charge >= 0.3 is 0 Å². The van der Waals surface area contributed by atoms with Crippen LogP contribution < -0.4 is 4.74 Å². The standard InChI is InChI=1S/C9H14N4O/c1-2-3-4-5-14-8-6-11-13-9(8)10-7-12-13/h6-7H,2-5H2,1H3,(H,10,12). The summed E-state index contributed by atoms with van der Waals surface area (Å²) >= 11 is 0. The van der Waals surface area contributed by atoms with Crippen LogP contribution in [0.4, 0.5) is 0 Å². The zero-order chi connectivity index (χ0) is 9.80. The Labute approximate surface area is 82.1 Å². The van der Waals surface area contributed by atoms with E-state index in [2.05, 4.69) is 22.1 Å². The fourth-order valence-electron chi connectivity index (χ4n) is 1.33. The van der Waals surface area contributed by atoms with E-state index in [4.69, 9.17) is 4.74 Å². The highest BCUT2D eigenvalue weighted by Crippen LogP contribution is 2.15. The molecule has 2 aromatic heterocycles. The summed E-state index contributed by atoms with van der Waals surface area (Å²) in [6, 6.07) is 0. The summed E-state index contributed by atoms with van der Waals surface area (Å²) in [7, 11) is 0. The highest BCUT2D eigenvalue weighted by atomic mass is 16.5. The number of aromatic nitrogens is 4. The highest BCUT2D eigenvalue weighted by molar-refractivity contribution is 5.50. The molecule has 1 N–H and O–H groups in total. The lowest BCUT2D eigenvalue weighted by Gasteiger charge is -2.01. The van der Waals surface area contributed by atoms with Gasteiger partial charge in [-0.1, -0.05) is 19.8 Å². The predicted molar refractivity (Wildman–Crippen MR) is 52.4 cm³/mol. The van der Waals surface area contributed by atoms with E-state index >= 15 is 0 Å². The lowest BCUT2D eigenvalue weighted by atomic mass is 10.3. The Hall–Kier alpha value is -1.52. The van der Waals surface area contributed by atoms with E-state index in [-0.39, 0.29) is 0 Å². The van der Waals surface area contributed by atoms with E-state index < -0.39 is 0 Å². The first-order valence-electron chi connectivity index (χ1n) is 4.92. The Morgan fingerprint density at radius 2 is 2.36 bits per heavy atom. The van der Waals surface area contributed by atoms with Gasteiger partial charge in [-0.2, -0.15) is 5.10 Å². The maximum atomic E-state index is 5.57. The number of fused-ring (bicyclic) bond motifs is 1. The van der Waals surface area contributed by atoms with Crippen LogP contribution in [0, 0.1) is 0 Å². The molecule has 0 unspecified atom stereocenters. The SMILES string of the molecule is CCCCCOc1cnn2nc[nH]c12. The number of nitrogens with zero attached hydrogens (tertiary/aromatic N) is 3. The summed E-state index contributed by atoms with van der Waals surface area (Å²) in [4.78, 5) is 2.97. The van der Waals surface area contributed by atoms with Crippen molar-refractivity contribution >= 4 is 5.65 Å². The molecule has 0 aliphatic carbocycles. The van der Waals surface area contributed by atoms with Crippen LogP contribution in [-0.4, -0.2) is 26.4 Å². The summed E-state index contributed by atoms with van der Waals surface area (Å²) < 4.78 is 7.09. The van der Waals surface area contributed by atoms with Gasteiger partial charge in [0.05, 0.1) is 12.8 Å². The lowest BCUT2D eigenvalue weighted by Crippen LogP contribution is -1.96. The molecule has 0 aromatic carbocycles. The van der Waals surface area contributed by atoms with E-state index in [1.54, 1.807) is 12.5 Å². The van der Waals surface area contributed by atoms with Crippen molar-refractivity contribution in [2.45, 2.75) is 26.2 Å². The molecule has 0 aliphatic heterocycles. The first kappa shape index (κ1) is 9.05. The van der Waals surface area contributed by atoms with Crippen LogP contribution >= 0.6 is 0 Å². The molecule has 0 fully saturated rings. The maximum absolute atomic E-state index is 5.57. The second-order valence-corrected chi connectivity index (χ2v) is 3.19. The number of unbranched alkanes of at least 4 members (excludes halogenated alkanes) is 2. The second-order valence-electron chi connectivity index (χ2n) is 3.19. The smallest absolute Gasteiger partial charge is 0.197 e. The monoisotopic (exact) mass is 194 g/mol. The fraction of sp³-hybridized carbons (Fsp3) is 0.556. The zero-order valence-electron chi connectivity index (χ0n) is 8.23. The van der Waals surface area contributed by atoms with Crippen molar-refractivity contribution in [3.8, 4) is 5.75 Å². The van der Waals surface area contributed by atoms with Crippen LogP contribution in [0.2, 0.25) is 0 Å². The number of aromatic amines is 1. The molecular weight excluding hydrogens is 180 g/mol. The molecule has 0 bridgehead atoms. The van der Waals surface area contributed by atoms with Crippen molar-refractivity contribution in [3.05, 3.63) is 12.5 Å². The largest absolute Gasteiger partial charge is 0.488 e. The minimum Gasteiger partial charge on any atom is -0.488 e. The Bertz CT molecular complexity index is 392. The number of nitrogens with one attached hydrogen (secondary N) is 1.